The summed E-state index contributed by atoms with van der Waals surface area (Å²) in [4.78, 5) is 18.5. The van der Waals surface area contributed by atoms with Crippen LogP contribution in [0.4, 0.5) is 5.69 Å². The van der Waals surface area contributed by atoms with Gasteiger partial charge in [0.1, 0.15) is 11.2 Å². The molecule has 17 heavy (non-hydrogen) atoms. The first-order valence-electron chi connectivity index (χ1n) is 4.77. The fourth-order valence-electron chi connectivity index (χ4n) is 1.22. The highest BCUT2D eigenvalue weighted by atomic mass is 32.2. The van der Waals surface area contributed by atoms with Gasteiger partial charge in [-0.2, -0.15) is 0 Å². The number of hydrogen-bond donors (Lipinski definition) is 0. The van der Waals surface area contributed by atoms with Crippen molar-refractivity contribution >= 4 is 28.8 Å². The molecule has 2 heterocycles. The number of nitrogens with zero attached hydrogens (tertiary/aromatic N) is 3. The summed E-state index contributed by atoms with van der Waals surface area (Å²) < 4.78 is 0.895. The number of pyridine rings is 1. The SMILES string of the molecule is Cc1csc(Sc2ncc([N+](=O)[O-])cc2C)n1. The van der Waals surface area contributed by atoms with Gasteiger partial charge >= 0.3 is 0 Å². The van der Waals surface area contributed by atoms with Crippen LogP contribution in [-0.4, -0.2) is 14.9 Å². The van der Waals surface area contributed by atoms with Crippen LogP contribution in [0.25, 0.3) is 0 Å². The van der Waals surface area contributed by atoms with Gasteiger partial charge in [-0.15, -0.1) is 11.3 Å². The lowest BCUT2D eigenvalue weighted by Gasteiger charge is -2.01. The topological polar surface area (TPSA) is 68.9 Å². The third kappa shape index (κ3) is 2.80. The van der Waals surface area contributed by atoms with Crippen molar-refractivity contribution in [2.45, 2.75) is 23.2 Å². The standard InChI is InChI=1S/C10H9N3O2S2/c1-6-3-8(13(14)15)4-11-9(6)17-10-12-7(2)5-16-10/h3-5H,1-2H3. The highest BCUT2D eigenvalue weighted by Crippen LogP contribution is 2.31. The maximum atomic E-state index is 10.6. The minimum Gasteiger partial charge on any atom is -0.258 e. The summed E-state index contributed by atoms with van der Waals surface area (Å²) in [7, 11) is 0. The van der Waals surface area contributed by atoms with Crippen molar-refractivity contribution in [3.63, 3.8) is 0 Å². The Labute approximate surface area is 106 Å². The molecule has 0 unspecified atom stereocenters. The Morgan fingerprint density at radius 3 is 2.76 bits per heavy atom. The zero-order valence-corrected chi connectivity index (χ0v) is 10.8. The molecule has 2 aromatic heterocycles. The first-order chi connectivity index (χ1) is 8.06. The molecule has 2 aromatic rings. The van der Waals surface area contributed by atoms with Crippen molar-refractivity contribution in [2.75, 3.05) is 0 Å². The third-order valence-electron chi connectivity index (χ3n) is 2.01. The lowest BCUT2D eigenvalue weighted by molar-refractivity contribution is -0.385. The van der Waals surface area contributed by atoms with E-state index in [-0.39, 0.29) is 5.69 Å². The molecule has 0 radical (unpaired) electrons. The molecule has 2 rings (SSSR count). The molecule has 0 N–H and O–H groups in total. The smallest absolute Gasteiger partial charge is 0.258 e. The number of rotatable bonds is 3. The zero-order valence-electron chi connectivity index (χ0n) is 9.21. The quantitative estimate of drug-likeness (QED) is 0.631. The van der Waals surface area contributed by atoms with Crippen LogP contribution in [0.5, 0.6) is 0 Å². The molecule has 5 nitrogen and oxygen atoms in total. The number of aromatic nitrogens is 2. The van der Waals surface area contributed by atoms with E-state index in [1.165, 1.54) is 24.0 Å². The molecule has 0 fully saturated rings. The molecule has 0 aliphatic rings. The Balaban J connectivity index is 2.25. The number of thiazole rings is 1. The van der Waals surface area contributed by atoms with Crippen molar-refractivity contribution in [1.29, 1.82) is 0 Å². The van der Waals surface area contributed by atoms with Gasteiger partial charge in [0.25, 0.3) is 5.69 Å². The summed E-state index contributed by atoms with van der Waals surface area (Å²) in [5.41, 5.74) is 1.77. The highest BCUT2D eigenvalue weighted by Gasteiger charge is 2.11. The normalized spacial score (nSPS) is 10.5. The van der Waals surface area contributed by atoms with E-state index in [0.29, 0.717) is 0 Å². The Hall–Kier alpha value is -1.47. The van der Waals surface area contributed by atoms with Gasteiger partial charge in [-0.25, -0.2) is 9.97 Å². The molecule has 0 saturated heterocycles. The molecule has 0 bridgehead atoms. The maximum Gasteiger partial charge on any atom is 0.287 e. The summed E-state index contributed by atoms with van der Waals surface area (Å²) in [6.07, 6.45) is 1.27. The van der Waals surface area contributed by atoms with E-state index in [1.807, 2.05) is 19.2 Å². The molecule has 0 atom stereocenters. The van der Waals surface area contributed by atoms with Gasteiger partial charge < -0.3 is 0 Å². The molecule has 0 amide bonds. The number of aryl methyl sites for hydroxylation is 2. The predicted molar refractivity (Wildman–Crippen MR) is 66.6 cm³/mol. The molecular weight excluding hydrogens is 258 g/mol. The van der Waals surface area contributed by atoms with Crippen LogP contribution in [0.15, 0.2) is 27.0 Å². The second-order valence-corrected chi connectivity index (χ2v) is 5.52. The Morgan fingerprint density at radius 1 is 1.47 bits per heavy atom. The lowest BCUT2D eigenvalue weighted by Crippen LogP contribution is -1.92. The average Bonchev–Trinajstić information content (AvgIpc) is 2.67. The van der Waals surface area contributed by atoms with Gasteiger partial charge in [0.15, 0.2) is 4.34 Å². The summed E-state index contributed by atoms with van der Waals surface area (Å²) in [6.45, 7) is 3.74. The van der Waals surface area contributed by atoms with Gasteiger partial charge in [-0.05, 0) is 31.2 Å². The Morgan fingerprint density at radius 2 is 2.24 bits per heavy atom. The van der Waals surface area contributed by atoms with Crippen molar-refractivity contribution < 1.29 is 4.92 Å². The largest absolute Gasteiger partial charge is 0.287 e. The van der Waals surface area contributed by atoms with Gasteiger partial charge in [-0.1, -0.05) is 0 Å². The average molecular weight is 267 g/mol. The lowest BCUT2D eigenvalue weighted by atomic mass is 10.3. The molecule has 0 aliphatic carbocycles. The molecule has 0 saturated carbocycles. The van der Waals surface area contributed by atoms with Gasteiger partial charge in [0, 0.05) is 17.1 Å². The van der Waals surface area contributed by atoms with Crippen LogP contribution in [-0.2, 0) is 0 Å². The van der Waals surface area contributed by atoms with E-state index in [4.69, 9.17) is 0 Å². The molecule has 0 aliphatic heterocycles. The van der Waals surface area contributed by atoms with Crippen LogP contribution >= 0.6 is 23.1 Å². The molecule has 0 spiro atoms. The van der Waals surface area contributed by atoms with E-state index < -0.39 is 4.92 Å². The van der Waals surface area contributed by atoms with E-state index in [2.05, 4.69) is 9.97 Å². The second kappa shape index (κ2) is 4.80. The minimum absolute atomic E-state index is 0.0159. The first-order valence-corrected chi connectivity index (χ1v) is 6.47. The number of hydrogen-bond acceptors (Lipinski definition) is 6. The van der Waals surface area contributed by atoms with Crippen molar-refractivity contribution in [3.05, 3.63) is 39.0 Å². The fourth-order valence-corrected chi connectivity index (χ4v) is 2.99. The van der Waals surface area contributed by atoms with Crippen molar-refractivity contribution in [3.8, 4) is 0 Å². The summed E-state index contributed by atoms with van der Waals surface area (Å²) >= 11 is 2.97. The Kier molecular flexibility index (Phi) is 3.39. The van der Waals surface area contributed by atoms with Crippen molar-refractivity contribution in [1.82, 2.24) is 9.97 Å². The van der Waals surface area contributed by atoms with Crippen molar-refractivity contribution in [2.24, 2.45) is 0 Å². The van der Waals surface area contributed by atoms with Gasteiger partial charge in [-0.3, -0.25) is 10.1 Å². The molecule has 7 heteroatoms. The van der Waals surface area contributed by atoms with Gasteiger partial charge in [0.05, 0.1) is 4.92 Å². The molecule has 0 aromatic carbocycles. The number of nitro groups is 1. The molecule has 88 valence electrons. The zero-order chi connectivity index (χ0) is 12.4. The van der Waals surface area contributed by atoms with E-state index in [9.17, 15) is 10.1 Å². The van der Waals surface area contributed by atoms with Crippen LogP contribution in [0, 0.1) is 24.0 Å². The monoisotopic (exact) mass is 267 g/mol. The Bertz CT molecular complexity index is 568. The summed E-state index contributed by atoms with van der Waals surface area (Å²) in [5.74, 6) is 0. The van der Waals surface area contributed by atoms with Crippen LogP contribution < -0.4 is 0 Å². The summed E-state index contributed by atoms with van der Waals surface area (Å²) in [6, 6.07) is 1.52. The van der Waals surface area contributed by atoms with Crippen LogP contribution in [0.1, 0.15) is 11.3 Å². The second-order valence-electron chi connectivity index (χ2n) is 3.43. The van der Waals surface area contributed by atoms with Gasteiger partial charge in [0.2, 0.25) is 0 Å². The van der Waals surface area contributed by atoms with E-state index >= 15 is 0 Å². The summed E-state index contributed by atoms with van der Waals surface area (Å²) in [5, 5.41) is 13.3. The van der Waals surface area contributed by atoms with E-state index in [1.54, 1.807) is 11.3 Å². The predicted octanol–water partition coefficient (Wildman–Crippen LogP) is 3.21. The van der Waals surface area contributed by atoms with Crippen LogP contribution in [0.3, 0.4) is 0 Å². The molecular formula is C10H9N3O2S2. The third-order valence-corrected chi connectivity index (χ3v) is 4.19. The fraction of sp³-hybridized carbons (Fsp3) is 0.200. The van der Waals surface area contributed by atoms with Crippen LogP contribution in [0.2, 0.25) is 0 Å². The first kappa shape index (κ1) is 12.0. The minimum atomic E-state index is -0.442. The van der Waals surface area contributed by atoms with E-state index in [0.717, 1.165) is 20.6 Å². The maximum absolute atomic E-state index is 10.6. The highest BCUT2D eigenvalue weighted by molar-refractivity contribution is 8.01.